The van der Waals surface area contributed by atoms with Crippen LogP contribution in [0.5, 0.6) is 0 Å². The van der Waals surface area contributed by atoms with Crippen LogP contribution in [0.2, 0.25) is 0 Å². The monoisotopic (exact) mass is 175 g/mol. The SMILES string of the molecule is [18F]c1ccc(-c2nncnn2)cc1. The minimum atomic E-state index is -0.291. The fourth-order valence-corrected chi connectivity index (χ4v) is 0.919. The molecular formula is C8H5FN4. The highest BCUT2D eigenvalue weighted by molar-refractivity contribution is 5.52. The van der Waals surface area contributed by atoms with Crippen LogP contribution in [-0.2, 0) is 0 Å². The first kappa shape index (κ1) is 7.72. The topological polar surface area (TPSA) is 51.6 Å². The van der Waals surface area contributed by atoms with E-state index in [1.54, 1.807) is 12.1 Å². The van der Waals surface area contributed by atoms with Gasteiger partial charge in [-0.1, -0.05) is 0 Å². The smallest absolute Gasteiger partial charge is 0.203 e. The molecule has 0 saturated heterocycles. The van der Waals surface area contributed by atoms with Crippen molar-refractivity contribution in [1.82, 2.24) is 20.4 Å². The molecule has 0 amide bonds. The molecule has 13 heavy (non-hydrogen) atoms. The lowest BCUT2D eigenvalue weighted by Crippen LogP contribution is -1.93. The van der Waals surface area contributed by atoms with E-state index in [0.717, 1.165) is 0 Å². The molecule has 0 aliphatic carbocycles. The van der Waals surface area contributed by atoms with Crippen molar-refractivity contribution in [2.45, 2.75) is 0 Å². The van der Waals surface area contributed by atoms with Crippen LogP contribution in [0.1, 0.15) is 0 Å². The second-order valence-electron chi connectivity index (χ2n) is 2.38. The van der Waals surface area contributed by atoms with E-state index < -0.39 is 0 Å². The largest absolute Gasteiger partial charge is 0.207 e. The zero-order valence-electron chi connectivity index (χ0n) is 6.55. The number of hydrogen-bond acceptors (Lipinski definition) is 4. The maximum Gasteiger partial charge on any atom is 0.203 e. The predicted octanol–water partition coefficient (Wildman–Crippen LogP) is 1.07. The number of nitrogens with zero attached hydrogens (tertiary/aromatic N) is 4. The lowest BCUT2D eigenvalue weighted by Gasteiger charge is -1.95. The van der Waals surface area contributed by atoms with Gasteiger partial charge in [-0.25, -0.2) is 4.39 Å². The highest BCUT2D eigenvalue weighted by Crippen LogP contribution is 2.12. The summed E-state index contributed by atoms with van der Waals surface area (Å²) in [6, 6.07) is 5.83. The third kappa shape index (κ3) is 1.64. The van der Waals surface area contributed by atoms with E-state index in [1.807, 2.05) is 0 Å². The number of aromatic nitrogens is 4. The Morgan fingerprint density at radius 3 is 2.15 bits per heavy atom. The summed E-state index contributed by atoms with van der Waals surface area (Å²) in [4.78, 5) is 0. The van der Waals surface area contributed by atoms with Crippen molar-refractivity contribution in [3.05, 3.63) is 36.4 Å². The third-order valence-corrected chi connectivity index (χ3v) is 1.51. The number of rotatable bonds is 1. The zero-order chi connectivity index (χ0) is 9.10. The van der Waals surface area contributed by atoms with Crippen LogP contribution in [0.4, 0.5) is 4.39 Å². The first-order valence-corrected chi connectivity index (χ1v) is 3.62. The van der Waals surface area contributed by atoms with Gasteiger partial charge in [0.15, 0.2) is 6.33 Å². The standard InChI is InChI=1S/C8H5FN4/c9-7-3-1-6(2-4-7)8-12-10-5-11-13-8/h1-5H/i9-1. The quantitative estimate of drug-likeness (QED) is 0.650. The second-order valence-corrected chi connectivity index (χ2v) is 2.38. The summed E-state index contributed by atoms with van der Waals surface area (Å²) in [5.74, 6) is 0.100. The third-order valence-electron chi connectivity index (χ3n) is 1.51. The van der Waals surface area contributed by atoms with Crippen molar-refractivity contribution in [1.29, 1.82) is 0 Å². The number of halogens is 1. The molecule has 0 N–H and O–H groups in total. The Labute approximate surface area is 73.5 Å². The van der Waals surface area contributed by atoms with Gasteiger partial charge >= 0.3 is 0 Å². The van der Waals surface area contributed by atoms with Gasteiger partial charge in [0.1, 0.15) is 5.82 Å². The van der Waals surface area contributed by atoms with Gasteiger partial charge in [-0.3, -0.25) is 0 Å². The van der Waals surface area contributed by atoms with E-state index in [-0.39, 0.29) is 5.82 Å². The Morgan fingerprint density at radius 1 is 0.923 bits per heavy atom. The fourth-order valence-electron chi connectivity index (χ4n) is 0.919. The van der Waals surface area contributed by atoms with Crippen LogP contribution < -0.4 is 0 Å². The Morgan fingerprint density at radius 2 is 1.54 bits per heavy atom. The van der Waals surface area contributed by atoms with Crippen molar-refractivity contribution in [3.63, 3.8) is 0 Å². The molecule has 1 heterocycles. The summed E-state index contributed by atoms with van der Waals surface area (Å²) in [6.45, 7) is 0. The Bertz CT molecular complexity index is 387. The van der Waals surface area contributed by atoms with E-state index >= 15 is 0 Å². The summed E-state index contributed by atoms with van der Waals surface area (Å²) in [7, 11) is 0. The molecule has 2 aromatic rings. The van der Waals surface area contributed by atoms with Gasteiger partial charge in [-0.05, 0) is 24.3 Å². The normalized spacial score (nSPS) is 9.92. The van der Waals surface area contributed by atoms with Gasteiger partial charge in [0, 0.05) is 5.56 Å². The molecule has 0 bridgehead atoms. The van der Waals surface area contributed by atoms with Crippen molar-refractivity contribution < 1.29 is 4.39 Å². The predicted molar refractivity (Wildman–Crippen MR) is 43.0 cm³/mol. The van der Waals surface area contributed by atoms with Gasteiger partial charge in [-0.2, -0.15) is 0 Å². The lowest BCUT2D eigenvalue weighted by atomic mass is 10.2. The van der Waals surface area contributed by atoms with E-state index in [2.05, 4.69) is 20.4 Å². The molecule has 0 unspecified atom stereocenters. The van der Waals surface area contributed by atoms with Crippen molar-refractivity contribution >= 4 is 0 Å². The average Bonchev–Trinajstić information content (AvgIpc) is 2.20. The first-order valence-electron chi connectivity index (χ1n) is 3.62. The van der Waals surface area contributed by atoms with Crippen molar-refractivity contribution in [3.8, 4) is 11.4 Å². The van der Waals surface area contributed by atoms with E-state index in [0.29, 0.717) is 11.4 Å². The Kier molecular flexibility index (Phi) is 1.91. The van der Waals surface area contributed by atoms with Crippen molar-refractivity contribution in [2.24, 2.45) is 0 Å². The van der Waals surface area contributed by atoms with Gasteiger partial charge < -0.3 is 0 Å². The summed E-state index contributed by atoms with van der Waals surface area (Å²) in [6.07, 6.45) is 1.24. The fraction of sp³-hybridized carbons (Fsp3) is 0. The highest BCUT2D eigenvalue weighted by Gasteiger charge is 2.00. The molecule has 2 rings (SSSR count). The van der Waals surface area contributed by atoms with Crippen LogP contribution in [0, 0.1) is 5.82 Å². The molecule has 5 heteroatoms. The van der Waals surface area contributed by atoms with Crippen LogP contribution in [-0.4, -0.2) is 20.4 Å². The molecule has 64 valence electrons. The Hall–Kier alpha value is -1.91. The Balaban J connectivity index is 2.42. The maximum absolute atomic E-state index is 12.5. The van der Waals surface area contributed by atoms with Crippen LogP contribution in [0.25, 0.3) is 11.4 Å². The minimum absolute atomic E-state index is 0.291. The van der Waals surface area contributed by atoms with Crippen LogP contribution in [0.3, 0.4) is 0 Å². The van der Waals surface area contributed by atoms with Gasteiger partial charge in [0.2, 0.25) is 5.82 Å². The van der Waals surface area contributed by atoms with Crippen LogP contribution >= 0.6 is 0 Å². The molecular weight excluding hydrogens is 170 g/mol. The molecule has 1 aromatic heterocycles. The van der Waals surface area contributed by atoms with E-state index in [1.165, 1.54) is 18.5 Å². The summed E-state index contributed by atoms with van der Waals surface area (Å²) < 4.78 is 12.5. The minimum Gasteiger partial charge on any atom is -0.207 e. The second kappa shape index (κ2) is 3.22. The zero-order valence-corrected chi connectivity index (χ0v) is 6.55. The summed E-state index contributed by atoms with van der Waals surface area (Å²) >= 11 is 0. The van der Waals surface area contributed by atoms with Gasteiger partial charge in [0.05, 0.1) is 0 Å². The molecule has 0 radical (unpaired) electrons. The molecule has 0 spiro atoms. The van der Waals surface area contributed by atoms with Gasteiger partial charge in [-0.15, -0.1) is 20.4 Å². The maximum atomic E-state index is 12.5. The molecule has 0 atom stereocenters. The van der Waals surface area contributed by atoms with Gasteiger partial charge in [0.25, 0.3) is 0 Å². The summed E-state index contributed by atoms with van der Waals surface area (Å²) in [5, 5.41) is 14.6. The molecule has 0 fully saturated rings. The number of hydrogen-bond donors (Lipinski definition) is 0. The average molecular weight is 175 g/mol. The van der Waals surface area contributed by atoms with Crippen LogP contribution in [0.15, 0.2) is 30.6 Å². The van der Waals surface area contributed by atoms with E-state index in [9.17, 15) is 4.39 Å². The lowest BCUT2D eigenvalue weighted by molar-refractivity contribution is 0.628. The summed E-state index contributed by atoms with van der Waals surface area (Å²) in [5.41, 5.74) is 0.696. The molecule has 0 aliphatic heterocycles. The van der Waals surface area contributed by atoms with E-state index in [4.69, 9.17) is 0 Å². The van der Waals surface area contributed by atoms with Crippen molar-refractivity contribution in [2.75, 3.05) is 0 Å². The number of benzene rings is 1. The molecule has 0 aliphatic rings. The molecule has 1 aromatic carbocycles. The molecule has 0 saturated carbocycles. The molecule has 4 nitrogen and oxygen atoms in total. The first-order chi connectivity index (χ1) is 6.36. The highest BCUT2D eigenvalue weighted by atomic mass is 18.2.